The van der Waals surface area contributed by atoms with E-state index in [0.29, 0.717) is 11.1 Å². The van der Waals surface area contributed by atoms with E-state index in [9.17, 15) is 4.79 Å². The van der Waals surface area contributed by atoms with Crippen LogP contribution in [-0.4, -0.2) is 24.0 Å². The number of hydrogen-bond donors (Lipinski definition) is 2. The molecule has 0 saturated heterocycles. The quantitative estimate of drug-likeness (QED) is 0.672. The minimum Gasteiger partial charge on any atom is -0.497 e. The van der Waals surface area contributed by atoms with Crippen LogP contribution in [0.15, 0.2) is 40.1 Å². The molecule has 1 aromatic heterocycles. The maximum atomic E-state index is 12.3. The van der Waals surface area contributed by atoms with E-state index in [0.717, 1.165) is 22.7 Å². The second-order valence-electron chi connectivity index (χ2n) is 5.59. The molecule has 23 heavy (non-hydrogen) atoms. The monoisotopic (exact) mass is 313 g/mol. The number of methoxy groups -OCH3 is 1. The van der Waals surface area contributed by atoms with Crippen LogP contribution in [0.3, 0.4) is 0 Å². The van der Waals surface area contributed by atoms with Crippen molar-refractivity contribution in [3.63, 3.8) is 0 Å². The smallest absolute Gasteiger partial charge is 0.190 e. The fourth-order valence-corrected chi connectivity index (χ4v) is 2.41. The van der Waals surface area contributed by atoms with Crippen LogP contribution in [0.1, 0.15) is 33.4 Å². The molecule has 0 spiro atoms. The number of pyridine rings is 1. The van der Waals surface area contributed by atoms with Crippen LogP contribution in [0.25, 0.3) is 16.6 Å². The average Bonchev–Trinajstić information content (AvgIpc) is 2.51. The van der Waals surface area contributed by atoms with Crippen molar-refractivity contribution in [3.05, 3.63) is 46.3 Å². The van der Waals surface area contributed by atoms with E-state index in [1.54, 1.807) is 25.3 Å². The Morgan fingerprint density at radius 2 is 2.09 bits per heavy atom. The van der Waals surface area contributed by atoms with E-state index in [1.165, 1.54) is 0 Å². The zero-order valence-electron chi connectivity index (χ0n) is 14.2. The van der Waals surface area contributed by atoms with Gasteiger partial charge in [0.2, 0.25) is 0 Å². The van der Waals surface area contributed by atoms with Crippen molar-refractivity contribution in [3.8, 4) is 5.75 Å². The van der Waals surface area contributed by atoms with Gasteiger partial charge < -0.3 is 15.0 Å². The molecule has 5 heteroatoms. The first kappa shape index (κ1) is 16.8. The molecule has 0 unspecified atom stereocenters. The summed E-state index contributed by atoms with van der Waals surface area (Å²) in [6.07, 6.45) is 1.91. The summed E-state index contributed by atoms with van der Waals surface area (Å²) in [5.41, 5.74) is 2.24. The Kier molecular flexibility index (Phi) is 5.21. The molecule has 0 aliphatic heterocycles. The van der Waals surface area contributed by atoms with Gasteiger partial charge in [-0.3, -0.25) is 9.79 Å². The Bertz CT molecular complexity index is 817. The number of hydrogen-bond acceptors (Lipinski definition) is 3. The number of amidine groups is 1. The van der Waals surface area contributed by atoms with Crippen LogP contribution in [-0.2, 0) is 0 Å². The van der Waals surface area contributed by atoms with Crippen molar-refractivity contribution in [2.45, 2.75) is 33.7 Å². The van der Waals surface area contributed by atoms with Gasteiger partial charge in [-0.1, -0.05) is 6.08 Å². The van der Waals surface area contributed by atoms with E-state index in [1.807, 2.05) is 39.8 Å². The molecule has 0 fully saturated rings. The molecule has 5 nitrogen and oxygen atoms in total. The third-order valence-electron chi connectivity index (χ3n) is 3.38. The SMILES string of the molecule is C/C=C(\NC(C)=NC(C)C)c1cc(=O)c2ccc(OC)cc2[nH]1. The van der Waals surface area contributed by atoms with E-state index in [2.05, 4.69) is 15.3 Å². The predicted octanol–water partition coefficient (Wildman–Crippen LogP) is 3.31. The molecular weight excluding hydrogens is 290 g/mol. The summed E-state index contributed by atoms with van der Waals surface area (Å²) in [6.45, 7) is 7.86. The first-order chi connectivity index (χ1) is 10.9. The van der Waals surface area contributed by atoms with Gasteiger partial charge in [0, 0.05) is 23.6 Å². The first-order valence-corrected chi connectivity index (χ1v) is 7.63. The van der Waals surface area contributed by atoms with Crippen molar-refractivity contribution < 1.29 is 4.74 Å². The fraction of sp³-hybridized carbons (Fsp3) is 0.333. The van der Waals surface area contributed by atoms with Gasteiger partial charge in [-0.05, 0) is 39.8 Å². The van der Waals surface area contributed by atoms with Gasteiger partial charge in [0.05, 0.1) is 29.9 Å². The number of aromatic amines is 1. The molecule has 1 heterocycles. The van der Waals surface area contributed by atoms with E-state index in [4.69, 9.17) is 4.74 Å². The number of H-pyrrole nitrogens is 1. The Balaban J connectivity index is 2.47. The minimum absolute atomic E-state index is 0.0315. The predicted molar refractivity (Wildman–Crippen MR) is 96.2 cm³/mol. The van der Waals surface area contributed by atoms with Crippen LogP contribution in [0, 0.1) is 0 Å². The van der Waals surface area contributed by atoms with Gasteiger partial charge >= 0.3 is 0 Å². The molecule has 2 rings (SSSR count). The van der Waals surface area contributed by atoms with Gasteiger partial charge in [0.25, 0.3) is 0 Å². The molecule has 0 bridgehead atoms. The Morgan fingerprint density at radius 1 is 1.35 bits per heavy atom. The molecule has 1 aromatic carbocycles. The van der Waals surface area contributed by atoms with Gasteiger partial charge in [-0.15, -0.1) is 0 Å². The molecule has 0 radical (unpaired) electrons. The van der Waals surface area contributed by atoms with E-state index in [-0.39, 0.29) is 11.5 Å². The number of benzene rings is 1. The standard InChI is InChI=1S/C18H23N3O2/c1-6-15(20-12(4)19-11(2)3)17-10-18(22)14-8-7-13(23-5)9-16(14)21-17/h6-11H,1-5H3,(H,19,20)(H,21,22)/b15-6-. The van der Waals surface area contributed by atoms with E-state index >= 15 is 0 Å². The molecule has 2 aromatic rings. The summed E-state index contributed by atoms with van der Waals surface area (Å²) >= 11 is 0. The Morgan fingerprint density at radius 3 is 2.70 bits per heavy atom. The van der Waals surface area contributed by atoms with Gasteiger partial charge in [-0.25, -0.2) is 0 Å². The number of fused-ring (bicyclic) bond motifs is 1. The normalized spacial score (nSPS) is 12.8. The highest BCUT2D eigenvalue weighted by Crippen LogP contribution is 2.18. The van der Waals surface area contributed by atoms with Crippen molar-refractivity contribution in [2.24, 2.45) is 4.99 Å². The number of aromatic nitrogens is 1. The summed E-state index contributed by atoms with van der Waals surface area (Å²) in [4.78, 5) is 20.1. The van der Waals surface area contributed by atoms with Gasteiger partial charge in [0.1, 0.15) is 5.75 Å². The minimum atomic E-state index is -0.0315. The molecule has 122 valence electrons. The summed E-state index contributed by atoms with van der Waals surface area (Å²) in [7, 11) is 1.60. The molecule has 0 saturated carbocycles. The van der Waals surface area contributed by atoms with Crippen molar-refractivity contribution in [2.75, 3.05) is 7.11 Å². The molecule has 0 aliphatic rings. The third kappa shape index (κ3) is 4.00. The first-order valence-electron chi connectivity index (χ1n) is 7.63. The summed E-state index contributed by atoms with van der Waals surface area (Å²) in [5.74, 6) is 1.51. The lowest BCUT2D eigenvalue weighted by atomic mass is 10.1. The van der Waals surface area contributed by atoms with Crippen LogP contribution in [0.5, 0.6) is 5.75 Å². The second kappa shape index (κ2) is 7.13. The molecular formula is C18H23N3O2. The van der Waals surface area contributed by atoms with Crippen molar-refractivity contribution in [1.29, 1.82) is 0 Å². The van der Waals surface area contributed by atoms with Gasteiger partial charge in [0.15, 0.2) is 5.43 Å². The maximum absolute atomic E-state index is 12.3. The molecule has 0 aliphatic carbocycles. The average molecular weight is 313 g/mol. The number of ether oxygens (including phenoxy) is 1. The van der Waals surface area contributed by atoms with Crippen molar-refractivity contribution >= 4 is 22.4 Å². The lowest BCUT2D eigenvalue weighted by Crippen LogP contribution is -2.21. The zero-order valence-corrected chi connectivity index (χ0v) is 14.2. The number of allylic oxidation sites excluding steroid dienone is 1. The number of aliphatic imine (C=N–C) groups is 1. The van der Waals surface area contributed by atoms with Crippen molar-refractivity contribution in [1.82, 2.24) is 10.3 Å². The highest BCUT2D eigenvalue weighted by atomic mass is 16.5. The van der Waals surface area contributed by atoms with Gasteiger partial charge in [-0.2, -0.15) is 0 Å². The van der Waals surface area contributed by atoms with E-state index < -0.39 is 0 Å². The lowest BCUT2D eigenvalue weighted by Gasteiger charge is -2.13. The highest BCUT2D eigenvalue weighted by Gasteiger charge is 2.08. The van der Waals surface area contributed by atoms with Crippen LogP contribution < -0.4 is 15.5 Å². The van der Waals surface area contributed by atoms with Crippen LogP contribution in [0.4, 0.5) is 0 Å². The fourth-order valence-electron chi connectivity index (χ4n) is 2.41. The largest absolute Gasteiger partial charge is 0.497 e. The molecule has 0 amide bonds. The summed E-state index contributed by atoms with van der Waals surface area (Å²) in [6, 6.07) is 7.18. The Labute approximate surface area is 136 Å². The molecule has 0 atom stereocenters. The topological polar surface area (TPSA) is 66.5 Å². The number of nitrogens with zero attached hydrogens (tertiary/aromatic N) is 1. The number of nitrogens with one attached hydrogen (secondary N) is 2. The second-order valence-corrected chi connectivity index (χ2v) is 5.59. The molecule has 2 N–H and O–H groups in total. The zero-order chi connectivity index (χ0) is 17.0. The maximum Gasteiger partial charge on any atom is 0.190 e. The summed E-state index contributed by atoms with van der Waals surface area (Å²) in [5, 5.41) is 3.88. The number of rotatable bonds is 4. The summed E-state index contributed by atoms with van der Waals surface area (Å²) < 4.78 is 5.23. The lowest BCUT2D eigenvalue weighted by molar-refractivity contribution is 0.415. The van der Waals surface area contributed by atoms with Crippen LogP contribution >= 0.6 is 0 Å². The van der Waals surface area contributed by atoms with Crippen LogP contribution in [0.2, 0.25) is 0 Å². The highest BCUT2D eigenvalue weighted by molar-refractivity contribution is 5.90. The Hall–Kier alpha value is -2.56. The third-order valence-corrected chi connectivity index (χ3v) is 3.38.